The van der Waals surface area contributed by atoms with Gasteiger partial charge in [-0.2, -0.15) is 16.8 Å². The average Bonchev–Trinajstić information content (AvgIpc) is 3.32. The van der Waals surface area contributed by atoms with Crippen molar-refractivity contribution in [2.45, 2.75) is 36.5 Å². The zero-order valence-corrected chi connectivity index (χ0v) is 19.9. The molecule has 4 rings (SSSR count). The van der Waals surface area contributed by atoms with Crippen LogP contribution in [0.25, 0.3) is 20.4 Å². The van der Waals surface area contributed by atoms with Crippen molar-refractivity contribution in [1.29, 1.82) is 0 Å². The molecule has 32 heavy (non-hydrogen) atoms. The highest BCUT2D eigenvalue weighted by Gasteiger charge is 2.18. The molecule has 0 atom stereocenters. The Morgan fingerprint density at radius 1 is 0.750 bits per heavy atom. The summed E-state index contributed by atoms with van der Waals surface area (Å²) in [6.45, 7) is 3.69. The van der Waals surface area contributed by atoms with Crippen LogP contribution in [0.3, 0.4) is 0 Å². The number of aromatic nitrogens is 2. The second-order valence-electron chi connectivity index (χ2n) is 6.71. The first-order valence-corrected chi connectivity index (χ1v) is 13.7. The van der Waals surface area contributed by atoms with Crippen molar-refractivity contribution in [1.82, 2.24) is 9.97 Å². The minimum Gasteiger partial charge on any atom is -0.282 e. The molecule has 0 fully saturated rings. The van der Waals surface area contributed by atoms with E-state index < -0.39 is 20.2 Å². The molecule has 0 spiro atoms. The summed E-state index contributed by atoms with van der Waals surface area (Å²) < 4.78 is 65.9. The van der Waals surface area contributed by atoms with Crippen LogP contribution in [0.2, 0.25) is 0 Å². The summed E-state index contributed by atoms with van der Waals surface area (Å²) in [4.78, 5) is 8.39. The lowest BCUT2D eigenvalue weighted by Gasteiger charge is -2.01. The van der Waals surface area contributed by atoms with E-state index in [1.165, 1.54) is 24.3 Å². The zero-order chi connectivity index (χ0) is 23.3. The van der Waals surface area contributed by atoms with Gasteiger partial charge in [-0.15, -0.1) is 10.2 Å². The summed E-state index contributed by atoms with van der Waals surface area (Å²) in [6, 6.07) is 5.43. The number of nitrogens with zero attached hydrogens (tertiary/aromatic N) is 4. The number of hydrogen-bond acceptors (Lipinski definition) is 10. The van der Waals surface area contributed by atoms with E-state index in [4.69, 9.17) is 0 Å². The van der Waals surface area contributed by atoms with Crippen LogP contribution < -0.4 is 0 Å². The standard InChI is InChI=1S/C18H16N4O6S4/c1-3-9-5-11(31(23,24)25)7-13-15(9)19-17(29-13)21-22-18-20-16-10(4-2)6-12(32(26,27)28)8-14(16)30-18/h5-8H,3-4H2,1-2H3,(H,23,24,25)(H,26,27,28). The molecule has 168 valence electrons. The van der Waals surface area contributed by atoms with Gasteiger partial charge in [0, 0.05) is 0 Å². The molecule has 0 aliphatic rings. The van der Waals surface area contributed by atoms with Crippen LogP contribution in [0.5, 0.6) is 0 Å². The van der Waals surface area contributed by atoms with E-state index in [0.717, 1.165) is 22.7 Å². The highest BCUT2D eigenvalue weighted by atomic mass is 32.2. The molecule has 2 heterocycles. The molecule has 0 aliphatic carbocycles. The third-order valence-corrected chi connectivity index (χ3v) is 8.09. The Kier molecular flexibility index (Phi) is 5.85. The van der Waals surface area contributed by atoms with Gasteiger partial charge >= 0.3 is 0 Å². The molecule has 4 aromatic rings. The number of rotatable bonds is 6. The summed E-state index contributed by atoms with van der Waals surface area (Å²) in [5.41, 5.74) is 2.46. The third-order valence-electron chi connectivity index (χ3n) is 4.65. The smallest absolute Gasteiger partial charge is 0.282 e. The maximum atomic E-state index is 11.5. The van der Waals surface area contributed by atoms with Crippen LogP contribution in [0, 0.1) is 0 Å². The molecule has 0 amide bonds. The Hall–Kier alpha value is -2.36. The molecular formula is C18H16N4O6S4. The van der Waals surface area contributed by atoms with Crippen LogP contribution in [0.4, 0.5) is 10.3 Å². The minimum absolute atomic E-state index is 0.207. The minimum atomic E-state index is -4.35. The molecule has 0 bridgehead atoms. The lowest BCUT2D eigenvalue weighted by Crippen LogP contribution is -1.99. The monoisotopic (exact) mass is 512 g/mol. The second kappa shape index (κ2) is 8.20. The Morgan fingerprint density at radius 3 is 1.44 bits per heavy atom. The van der Waals surface area contributed by atoms with E-state index >= 15 is 0 Å². The molecule has 0 aliphatic heterocycles. The van der Waals surface area contributed by atoms with E-state index in [-0.39, 0.29) is 20.1 Å². The molecular weight excluding hydrogens is 496 g/mol. The molecule has 2 N–H and O–H groups in total. The van der Waals surface area contributed by atoms with E-state index in [1.54, 1.807) is 0 Å². The fourth-order valence-corrected chi connectivity index (χ4v) is 6.14. The lowest BCUT2D eigenvalue weighted by molar-refractivity contribution is 0.481. The summed E-state index contributed by atoms with van der Waals surface area (Å²) in [5.74, 6) is 0. The Bertz CT molecular complexity index is 1480. The van der Waals surface area contributed by atoms with Crippen molar-refractivity contribution in [2.75, 3.05) is 0 Å². The number of thiazole rings is 2. The predicted molar refractivity (Wildman–Crippen MR) is 122 cm³/mol. The number of aryl methyl sites for hydroxylation is 2. The van der Waals surface area contributed by atoms with Gasteiger partial charge in [-0.1, -0.05) is 36.5 Å². The molecule has 14 heteroatoms. The van der Waals surface area contributed by atoms with Crippen molar-refractivity contribution in [3.63, 3.8) is 0 Å². The van der Waals surface area contributed by atoms with Gasteiger partial charge in [-0.25, -0.2) is 9.97 Å². The Morgan fingerprint density at radius 2 is 1.12 bits per heavy atom. The maximum Gasteiger partial charge on any atom is 0.294 e. The van der Waals surface area contributed by atoms with Crippen LogP contribution in [0.1, 0.15) is 25.0 Å². The first-order chi connectivity index (χ1) is 15.0. The molecule has 0 unspecified atom stereocenters. The number of azo groups is 1. The fraction of sp³-hybridized carbons (Fsp3) is 0.222. The van der Waals surface area contributed by atoms with Gasteiger partial charge in [0.05, 0.1) is 30.2 Å². The topological polar surface area (TPSA) is 159 Å². The van der Waals surface area contributed by atoms with E-state index in [0.29, 0.717) is 44.4 Å². The van der Waals surface area contributed by atoms with Crippen molar-refractivity contribution in [3.05, 3.63) is 35.4 Å². The maximum absolute atomic E-state index is 11.5. The fourth-order valence-electron chi connectivity index (χ4n) is 3.13. The van der Waals surface area contributed by atoms with Crippen molar-refractivity contribution in [2.24, 2.45) is 10.2 Å². The van der Waals surface area contributed by atoms with Gasteiger partial charge in [-0.05, 0) is 48.2 Å². The Balaban J connectivity index is 1.75. The number of benzene rings is 2. The summed E-state index contributed by atoms with van der Waals surface area (Å²) in [7, 11) is -8.71. The molecule has 0 saturated carbocycles. The highest BCUT2D eigenvalue weighted by molar-refractivity contribution is 7.86. The molecule has 10 nitrogen and oxygen atoms in total. The highest BCUT2D eigenvalue weighted by Crippen LogP contribution is 2.36. The summed E-state index contributed by atoms with van der Waals surface area (Å²) in [6.07, 6.45) is 1.02. The number of hydrogen-bond donors (Lipinski definition) is 2. The van der Waals surface area contributed by atoms with Gasteiger partial charge in [0.2, 0.25) is 10.3 Å². The van der Waals surface area contributed by atoms with E-state index in [2.05, 4.69) is 20.2 Å². The molecule has 0 radical (unpaired) electrons. The molecule has 2 aromatic heterocycles. The summed E-state index contributed by atoms with van der Waals surface area (Å²) in [5, 5.41) is 8.76. The van der Waals surface area contributed by atoms with Gasteiger partial charge in [0.25, 0.3) is 20.2 Å². The largest absolute Gasteiger partial charge is 0.294 e. The van der Waals surface area contributed by atoms with Gasteiger partial charge in [-0.3, -0.25) is 9.11 Å². The van der Waals surface area contributed by atoms with Gasteiger partial charge in [0.15, 0.2) is 0 Å². The first kappa shape index (κ1) is 22.8. The predicted octanol–water partition coefficient (Wildman–Crippen LogP) is 4.94. The number of fused-ring (bicyclic) bond motifs is 2. The first-order valence-electron chi connectivity index (χ1n) is 9.23. The third kappa shape index (κ3) is 4.42. The molecule has 0 saturated heterocycles. The van der Waals surface area contributed by atoms with Crippen LogP contribution >= 0.6 is 22.7 Å². The molecule has 2 aromatic carbocycles. The van der Waals surface area contributed by atoms with Crippen molar-refractivity contribution >= 4 is 73.6 Å². The average molecular weight is 513 g/mol. The lowest BCUT2D eigenvalue weighted by atomic mass is 10.1. The van der Waals surface area contributed by atoms with Gasteiger partial charge in [0.1, 0.15) is 0 Å². The van der Waals surface area contributed by atoms with Crippen molar-refractivity contribution in [3.8, 4) is 0 Å². The SMILES string of the molecule is CCc1cc(S(=O)(=O)O)cc2sc(N=Nc3nc4c(CC)cc(S(=O)(=O)O)cc4s3)nc12. The van der Waals surface area contributed by atoms with Crippen molar-refractivity contribution < 1.29 is 25.9 Å². The Labute approximate surface area is 191 Å². The van der Waals surface area contributed by atoms with E-state index in [9.17, 15) is 25.9 Å². The summed E-state index contributed by atoms with van der Waals surface area (Å²) >= 11 is 2.23. The quantitative estimate of drug-likeness (QED) is 0.271. The van der Waals surface area contributed by atoms with Crippen LogP contribution in [-0.4, -0.2) is 35.9 Å². The van der Waals surface area contributed by atoms with E-state index in [1.807, 2.05) is 13.8 Å². The normalized spacial score (nSPS) is 13.0. The second-order valence-corrected chi connectivity index (χ2v) is 11.6. The zero-order valence-electron chi connectivity index (χ0n) is 16.7. The van der Waals surface area contributed by atoms with Gasteiger partial charge < -0.3 is 0 Å². The van der Waals surface area contributed by atoms with Crippen LogP contribution in [0.15, 0.2) is 44.3 Å². The van der Waals surface area contributed by atoms with Crippen LogP contribution in [-0.2, 0) is 33.1 Å².